The molecule has 0 aliphatic rings. The summed E-state index contributed by atoms with van der Waals surface area (Å²) in [5.74, 6) is 0.277. The first-order valence-corrected chi connectivity index (χ1v) is 7.62. The third-order valence-corrected chi connectivity index (χ3v) is 4.10. The van der Waals surface area contributed by atoms with Crippen LogP contribution in [0.1, 0.15) is 18.1 Å². The van der Waals surface area contributed by atoms with Gasteiger partial charge in [0.15, 0.2) is 10.5 Å². The van der Waals surface area contributed by atoms with E-state index in [1.165, 1.54) is 6.07 Å². The Balaban J connectivity index is 0.00000208. The van der Waals surface area contributed by atoms with Crippen molar-refractivity contribution in [2.45, 2.75) is 18.7 Å². The van der Waals surface area contributed by atoms with E-state index in [1.807, 2.05) is 38.1 Å². The smallest absolute Gasteiger partial charge is 0.593 e. The molecule has 1 radical (unpaired) electrons. The topological polar surface area (TPSA) is 65.5 Å². The maximum atomic E-state index is 11.7. The fraction of sp³-hybridized carbons (Fsp3) is 0.111. The minimum Gasteiger partial charge on any atom is -0.593 e. The summed E-state index contributed by atoms with van der Waals surface area (Å²) in [6, 6.07) is 12.5. The Bertz CT molecular complexity index is 995. The summed E-state index contributed by atoms with van der Waals surface area (Å²) in [5, 5.41) is 9.01. The average Bonchev–Trinajstić information content (AvgIpc) is 2.48. The van der Waals surface area contributed by atoms with Crippen LogP contribution in [0.5, 0.6) is 5.75 Å². The summed E-state index contributed by atoms with van der Waals surface area (Å²) in [5.41, 5.74) is 2.74. The summed E-state index contributed by atoms with van der Waals surface area (Å²) in [4.78, 5) is 17.2. The first-order chi connectivity index (χ1) is 11.0. The van der Waals surface area contributed by atoms with E-state index in [0.717, 1.165) is 21.5 Å². The summed E-state index contributed by atoms with van der Waals surface area (Å²) in [7, 11) is 0. The minimum atomic E-state index is -0.421. The van der Waals surface area contributed by atoms with Crippen LogP contribution in [0.3, 0.4) is 0 Å². The summed E-state index contributed by atoms with van der Waals surface area (Å²) in [6.45, 7) is 3.67. The molecule has 0 spiro atoms. The molecule has 0 bridgehead atoms. The molecule has 24 heavy (non-hydrogen) atoms. The number of nitrogens with zero attached hydrogens (tertiary/aromatic N) is 1. The molecular formula is C18H17CuNO3S+4. The Kier molecular flexibility index (Phi) is 5.54. The first-order valence-electron chi connectivity index (χ1n) is 7.12. The first kappa shape index (κ1) is 18.3. The number of hydrogen-bond donors (Lipinski definition) is 0. The molecule has 3 aromatic rings. The molecule has 1 aromatic heterocycles. The van der Waals surface area contributed by atoms with Crippen molar-refractivity contribution >= 4 is 35.0 Å². The van der Waals surface area contributed by atoms with Crippen LogP contribution in [-0.4, -0.2) is 10.8 Å². The van der Waals surface area contributed by atoms with Gasteiger partial charge in [0.25, 0.3) is 5.75 Å². The van der Waals surface area contributed by atoms with Gasteiger partial charge < -0.3 is 9.52 Å². The second-order valence-electron chi connectivity index (χ2n) is 5.33. The Labute approximate surface area is 155 Å². The number of hydrogen-bond acceptors (Lipinski definition) is 3. The number of benzene rings is 2. The maximum absolute atomic E-state index is 11.7. The van der Waals surface area contributed by atoms with Gasteiger partial charge in [-0.05, 0) is 50.2 Å². The van der Waals surface area contributed by atoms with Crippen LogP contribution in [0.4, 0.5) is 5.69 Å². The molecule has 2 aromatic carbocycles. The van der Waals surface area contributed by atoms with E-state index in [1.54, 1.807) is 12.1 Å². The Morgan fingerprint density at radius 2 is 1.92 bits per heavy atom. The molecule has 125 valence electrons. The normalized spacial score (nSPS) is 11.4. The predicted molar refractivity (Wildman–Crippen MR) is 97.0 cm³/mol. The third kappa shape index (κ3) is 3.41. The quantitative estimate of drug-likeness (QED) is 0.292. The van der Waals surface area contributed by atoms with Gasteiger partial charge in [-0.3, -0.25) is 0 Å². The van der Waals surface area contributed by atoms with E-state index in [4.69, 9.17) is 9.52 Å². The van der Waals surface area contributed by atoms with Crippen LogP contribution in [-0.2, 0) is 29.7 Å². The Morgan fingerprint density at radius 3 is 2.62 bits per heavy atom. The van der Waals surface area contributed by atoms with Crippen LogP contribution in [0.25, 0.3) is 11.0 Å². The van der Waals surface area contributed by atoms with Crippen LogP contribution in [0.15, 0.2) is 61.6 Å². The van der Waals surface area contributed by atoms with Crippen molar-refractivity contribution in [2.24, 2.45) is 4.99 Å². The molecule has 0 atom stereocenters. The summed E-state index contributed by atoms with van der Waals surface area (Å²) in [6.07, 6.45) is 0. The molecule has 0 saturated carbocycles. The fourth-order valence-corrected chi connectivity index (χ4v) is 2.79. The molecular weight excluding hydrogens is 374 g/mol. The van der Waals surface area contributed by atoms with E-state index >= 15 is 0 Å². The van der Waals surface area contributed by atoms with Crippen molar-refractivity contribution in [2.75, 3.05) is 0 Å². The van der Waals surface area contributed by atoms with E-state index in [9.17, 15) is 4.79 Å². The summed E-state index contributed by atoms with van der Waals surface area (Å²) < 4.78 is 5.37. The minimum absolute atomic E-state index is 0. The zero-order valence-electron chi connectivity index (χ0n) is 13.1. The van der Waals surface area contributed by atoms with Crippen molar-refractivity contribution < 1.29 is 26.6 Å². The third-order valence-electron chi connectivity index (χ3n) is 3.67. The van der Waals surface area contributed by atoms with Crippen molar-refractivity contribution in [3.05, 3.63) is 64.0 Å². The van der Waals surface area contributed by atoms with E-state index in [-0.39, 0.29) is 22.8 Å². The van der Waals surface area contributed by atoms with Crippen molar-refractivity contribution in [3.63, 3.8) is 0 Å². The van der Waals surface area contributed by atoms with E-state index in [0.29, 0.717) is 16.9 Å². The number of rotatable bonds is 2. The zero-order chi connectivity index (χ0) is 16.6. The van der Waals surface area contributed by atoms with Crippen molar-refractivity contribution in [3.8, 4) is 5.75 Å². The van der Waals surface area contributed by atoms with Crippen LogP contribution in [0, 0.1) is 6.92 Å². The fourth-order valence-electron chi connectivity index (χ4n) is 2.55. The standard InChI is InChI=1S/C18H15NO3S.Cu/c1-10-9-16(21)22-18-12(10)7-8-14(20)17(18)11(2)19-13-5-3-4-6-15(13)23;/h3-9,20,23H,1-2H3;/q;+2/p+2. The van der Waals surface area contributed by atoms with E-state index < -0.39 is 5.63 Å². The van der Waals surface area contributed by atoms with Crippen LogP contribution >= 0.6 is 0 Å². The molecule has 0 aliphatic heterocycles. The monoisotopic (exact) mass is 390 g/mol. The van der Waals surface area contributed by atoms with Gasteiger partial charge in [-0.25, -0.2) is 9.79 Å². The van der Waals surface area contributed by atoms with Gasteiger partial charge in [0, 0.05) is 17.5 Å². The maximum Gasteiger partial charge on any atom is 2.00 e. The molecule has 0 fully saturated rings. The zero-order valence-corrected chi connectivity index (χ0v) is 15.0. The van der Waals surface area contributed by atoms with Gasteiger partial charge in [0.05, 0.1) is 5.71 Å². The van der Waals surface area contributed by atoms with Gasteiger partial charge in [-0.2, -0.15) is 0 Å². The summed E-state index contributed by atoms with van der Waals surface area (Å²) >= 11 is 3.52. The Hall–Kier alpha value is -2.01. The SMILES string of the molecule is CC(=Nc1ccccc1[SH2+])c1c([OH2+])ccc2c(C)cc(=O)oc12.[Cu+2]. The van der Waals surface area contributed by atoms with Gasteiger partial charge >= 0.3 is 22.7 Å². The van der Waals surface area contributed by atoms with E-state index in [2.05, 4.69) is 17.6 Å². The predicted octanol–water partition coefficient (Wildman–Crippen LogP) is 3.05. The number of fused-ring (bicyclic) bond motifs is 1. The van der Waals surface area contributed by atoms with Gasteiger partial charge in [-0.1, -0.05) is 12.1 Å². The van der Waals surface area contributed by atoms with Gasteiger partial charge in [-0.15, -0.1) is 0 Å². The van der Waals surface area contributed by atoms with Gasteiger partial charge in [0.1, 0.15) is 11.3 Å². The second kappa shape index (κ2) is 7.26. The number of aryl methyl sites for hydroxylation is 1. The molecule has 4 nitrogen and oxygen atoms in total. The number of para-hydroxylation sites is 1. The Morgan fingerprint density at radius 1 is 1.21 bits per heavy atom. The molecule has 0 saturated heterocycles. The molecule has 0 unspecified atom stereocenters. The molecule has 6 heteroatoms. The van der Waals surface area contributed by atoms with Crippen molar-refractivity contribution in [1.29, 1.82) is 0 Å². The molecule has 0 amide bonds. The number of aliphatic imine (C=N–C) groups is 1. The average molecular weight is 391 g/mol. The molecule has 1 heterocycles. The second-order valence-corrected chi connectivity index (χ2v) is 5.87. The van der Waals surface area contributed by atoms with Crippen LogP contribution < -0.4 is 5.63 Å². The van der Waals surface area contributed by atoms with Gasteiger partial charge in [0.2, 0.25) is 0 Å². The largest absolute Gasteiger partial charge is 2.00 e. The molecule has 2 N–H and O–H groups in total. The molecule has 3 rings (SSSR count). The van der Waals surface area contributed by atoms with Crippen molar-refractivity contribution in [1.82, 2.24) is 0 Å². The van der Waals surface area contributed by atoms with Crippen LogP contribution in [0.2, 0.25) is 0 Å². The molecule has 0 aliphatic carbocycles.